The molecule has 2 unspecified atom stereocenters. The Hall–Kier alpha value is -0.740. The standard InChI is InChI=1S/C15H21NO2.BrH/c1-15-3-4-16(2)9-10(8-15)5-11-6-13(17)14(18)7-12(11)15;/h6-7,10,17-18H,3-5,8-9H2,1-2H3;1H. The number of fused-ring (bicyclic) bond motifs is 4. The van der Waals surface area contributed by atoms with Crippen LogP contribution in [0.5, 0.6) is 11.5 Å². The highest BCUT2D eigenvalue weighted by atomic mass is 79.9. The summed E-state index contributed by atoms with van der Waals surface area (Å²) in [5.41, 5.74) is 2.61. The molecule has 0 amide bonds. The maximum absolute atomic E-state index is 9.75. The van der Waals surface area contributed by atoms with E-state index in [2.05, 4.69) is 18.9 Å². The molecular formula is C15H22BrNO2. The van der Waals surface area contributed by atoms with E-state index in [4.69, 9.17) is 0 Å². The summed E-state index contributed by atoms with van der Waals surface area (Å²) in [4.78, 5) is 2.40. The van der Waals surface area contributed by atoms with Crippen LogP contribution in [0, 0.1) is 5.92 Å². The molecule has 106 valence electrons. The van der Waals surface area contributed by atoms with Gasteiger partial charge in [0.15, 0.2) is 11.5 Å². The zero-order valence-electron chi connectivity index (χ0n) is 11.5. The van der Waals surface area contributed by atoms with Crippen molar-refractivity contribution < 1.29 is 10.2 Å². The second-order valence-electron chi connectivity index (χ2n) is 6.35. The first-order valence-corrected chi connectivity index (χ1v) is 6.72. The number of benzene rings is 1. The zero-order valence-corrected chi connectivity index (χ0v) is 13.2. The van der Waals surface area contributed by atoms with Crippen molar-refractivity contribution in [2.45, 2.75) is 31.6 Å². The molecule has 3 nitrogen and oxygen atoms in total. The van der Waals surface area contributed by atoms with E-state index in [1.54, 1.807) is 12.1 Å². The Balaban J connectivity index is 0.00000133. The second kappa shape index (κ2) is 4.98. The van der Waals surface area contributed by atoms with Gasteiger partial charge < -0.3 is 15.1 Å². The molecule has 2 atom stereocenters. The Morgan fingerprint density at radius 1 is 1.26 bits per heavy atom. The minimum atomic E-state index is 0. The SMILES string of the molecule is Br.CN1CCC2(C)CC(Cc3cc(O)c(O)cc32)C1. The molecule has 0 saturated carbocycles. The molecule has 3 rings (SSSR count). The number of halogens is 1. The van der Waals surface area contributed by atoms with Gasteiger partial charge in [0.1, 0.15) is 0 Å². The van der Waals surface area contributed by atoms with Gasteiger partial charge in [-0.3, -0.25) is 0 Å². The van der Waals surface area contributed by atoms with Crippen molar-refractivity contribution in [3.05, 3.63) is 23.3 Å². The number of phenols is 2. The molecule has 4 heteroatoms. The van der Waals surface area contributed by atoms with Crippen LogP contribution in [-0.4, -0.2) is 35.3 Å². The number of nitrogens with zero attached hydrogens (tertiary/aromatic N) is 1. The first-order chi connectivity index (χ1) is 8.48. The number of hydrogen-bond acceptors (Lipinski definition) is 3. The number of hydrogen-bond donors (Lipinski definition) is 2. The minimum Gasteiger partial charge on any atom is -0.504 e. The largest absolute Gasteiger partial charge is 0.504 e. The Kier molecular flexibility index (Phi) is 3.85. The van der Waals surface area contributed by atoms with Gasteiger partial charge in [0, 0.05) is 6.54 Å². The molecule has 1 aromatic carbocycles. The lowest BCUT2D eigenvalue weighted by molar-refractivity contribution is 0.288. The van der Waals surface area contributed by atoms with E-state index in [1.807, 2.05) is 0 Å². The van der Waals surface area contributed by atoms with Gasteiger partial charge in [-0.1, -0.05) is 6.92 Å². The Bertz CT molecular complexity index is 491. The van der Waals surface area contributed by atoms with Crippen molar-refractivity contribution in [3.8, 4) is 11.5 Å². The highest BCUT2D eigenvalue weighted by molar-refractivity contribution is 8.93. The number of phenolic OH excluding ortho intramolecular Hbond substituents is 2. The van der Waals surface area contributed by atoms with Crippen molar-refractivity contribution in [2.75, 3.05) is 20.1 Å². The van der Waals surface area contributed by atoms with Gasteiger partial charge >= 0.3 is 0 Å². The quantitative estimate of drug-likeness (QED) is 0.720. The van der Waals surface area contributed by atoms with Crippen molar-refractivity contribution in [1.29, 1.82) is 0 Å². The molecule has 1 aliphatic carbocycles. The molecular weight excluding hydrogens is 306 g/mol. The summed E-state index contributed by atoms with van der Waals surface area (Å²) >= 11 is 0. The van der Waals surface area contributed by atoms with Gasteiger partial charge in [-0.2, -0.15) is 0 Å². The summed E-state index contributed by atoms with van der Waals surface area (Å²) in [6.45, 7) is 4.54. The predicted molar refractivity (Wildman–Crippen MR) is 81.4 cm³/mol. The van der Waals surface area contributed by atoms with Crippen LogP contribution in [0.25, 0.3) is 0 Å². The summed E-state index contributed by atoms with van der Waals surface area (Å²) < 4.78 is 0. The summed E-state index contributed by atoms with van der Waals surface area (Å²) in [6.07, 6.45) is 3.33. The molecule has 0 radical (unpaired) electrons. The smallest absolute Gasteiger partial charge is 0.157 e. The Labute approximate surface area is 125 Å². The summed E-state index contributed by atoms with van der Waals surface area (Å²) in [5, 5.41) is 19.4. The minimum absolute atomic E-state index is 0. The molecule has 1 aromatic rings. The van der Waals surface area contributed by atoms with Crippen molar-refractivity contribution in [3.63, 3.8) is 0 Å². The number of aromatic hydroxyl groups is 2. The zero-order chi connectivity index (χ0) is 12.9. The van der Waals surface area contributed by atoms with E-state index in [1.165, 1.54) is 17.5 Å². The maximum atomic E-state index is 9.75. The predicted octanol–water partition coefficient (Wildman–Crippen LogP) is 2.83. The molecule has 1 fully saturated rings. The third-order valence-electron chi connectivity index (χ3n) is 4.71. The highest BCUT2D eigenvalue weighted by Gasteiger charge is 2.39. The van der Waals surface area contributed by atoms with Crippen molar-refractivity contribution in [2.24, 2.45) is 5.92 Å². The lowest BCUT2D eigenvalue weighted by Crippen LogP contribution is -2.32. The monoisotopic (exact) mass is 327 g/mol. The molecule has 2 aliphatic rings. The first-order valence-electron chi connectivity index (χ1n) is 6.72. The highest BCUT2D eigenvalue weighted by Crippen LogP contribution is 2.46. The Morgan fingerprint density at radius 3 is 2.68 bits per heavy atom. The van der Waals surface area contributed by atoms with Crippen molar-refractivity contribution >= 4 is 17.0 Å². The van der Waals surface area contributed by atoms with Crippen LogP contribution in [-0.2, 0) is 11.8 Å². The van der Waals surface area contributed by atoms with E-state index in [9.17, 15) is 10.2 Å². The fourth-order valence-electron chi connectivity index (χ4n) is 3.82. The van der Waals surface area contributed by atoms with Crippen LogP contribution < -0.4 is 0 Å². The van der Waals surface area contributed by atoms with E-state index < -0.39 is 0 Å². The van der Waals surface area contributed by atoms with Crippen LogP contribution in [0.1, 0.15) is 30.9 Å². The normalized spacial score (nSPS) is 30.1. The summed E-state index contributed by atoms with van der Waals surface area (Å²) in [6, 6.07) is 3.55. The van der Waals surface area contributed by atoms with E-state index in [-0.39, 0.29) is 33.9 Å². The molecule has 0 spiro atoms. The molecule has 19 heavy (non-hydrogen) atoms. The van der Waals surface area contributed by atoms with Gasteiger partial charge in [-0.05, 0) is 67.4 Å². The van der Waals surface area contributed by atoms with E-state index >= 15 is 0 Å². The molecule has 1 saturated heterocycles. The van der Waals surface area contributed by atoms with Gasteiger partial charge in [0.25, 0.3) is 0 Å². The lowest BCUT2D eigenvalue weighted by Gasteiger charge is -2.38. The van der Waals surface area contributed by atoms with Crippen LogP contribution in [0.2, 0.25) is 0 Å². The van der Waals surface area contributed by atoms with Gasteiger partial charge in [0.05, 0.1) is 0 Å². The lowest BCUT2D eigenvalue weighted by atomic mass is 9.66. The average molecular weight is 328 g/mol. The van der Waals surface area contributed by atoms with Crippen molar-refractivity contribution in [1.82, 2.24) is 4.90 Å². The average Bonchev–Trinajstić information content (AvgIpc) is 2.41. The molecule has 0 aromatic heterocycles. The number of likely N-dealkylation sites (tertiary alicyclic amines) is 1. The van der Waals surface area contributed by atoms with E-state index in [0.717, 1.165) is 25.9 Å². The van der Waals surface area contributed by atoms with Gasteiger partial charge in [-0.15, -0.1) is 17.0 Å². The molecule has 1 aliphatic heterocycles. The van der Waals surface area contributed by atoms with Crippen LogP contribution in [0.3, 0.4) is 0 Å². The van der Waals surface area contributed by atoms with E-state index in [0.29, 0.717) is 5.92 Å². The molecule has 2 N–H and O–H groups in total. The van der Waals surface area contributed by atoms with Gasteiger partial charge in [-0.25, -0.2) is 0 Å². The third-order valence-corrected chi connectivity index (χ3v) is 4.71. The summed E-state index contributed by atoms with van der Waals surface area (Å²) in [5.74, 6) is 0.703. The Morgan fingerprint density at radius 2 is 1.95 bits per heavy atom. The topological polar surface area (TPSA) is 43.7 Å². The first kappa shape index (κ1) is 14.7. The fourth-order valence-corrected chi connectivity index (χ4v) is 3.82. The second-order valence-corrected chi connectivity index (χ2v) is 6.35. The van der Waals surface area contributed by atoms with Crippen LogP contribution in [0.15, 0.2) is 12.1 Å². The fraction of sp³-hybridized carbons (Fsp3) is 0.600. The third kappa shape index (κ3) is 2.48. The molecule has 1 heterocycles. The maximum Gasteiger partial charge on any atom is 0.157 e. The molecule has 2 bridgehead atoms. The summed E-state index contributed by atoms with van der Waals surface area (Å²) in [7, 11) is 2.18. The number of rotatable bonds is 0. The van der Waals surface area contributed by atoms with Gasteiger partial charge in [0.2, 0.25) is 0 Å². The van der Waals surface area contributed by atoms with Crippen LogP contribution in [0.4, 0.5) is 0 Å². The van der Waals surface area contributed by atoms with Crippen LogP contribution >= 0.6 is 17.0 Å².